The third-order valence-corrected chi connectivity index (χ3v) is 1.96. The van der Waals surface area contributed by atoms with Gasteiger partial charge >= 0.3 is 5.97 Å². The van der Waals surface area contributed by atoms with E-state index >= 15 is 0 Å². The van der Waals surface area contributed by atoms with Crippen molar-refractivity contribution in [3.05, 3.63) is 48.0 Å². The lowest BCUT2D eigenvalue weighted by Gasteiger charge is -2.05. The third kappa shape index (κ3) is 3.22. The minimum Gasteiger partial charge on any atom is -0.458 e. The first-order chi connectivity index (χ1) is 7.15. The number of carbonyl (C=O) groups excluding carboxylic acids is 1. The van der Waals surface area contributed by atoms with Crippen molar-refractivity contribution in [2.24, 2.45) is 0 Å². The maximum absolute atomic E-state index is 11.4. The molecule has 1 rings (SSSR count). The monoisotopic (exact) mass is 206 g/mol. The molecule has 1 aromatic carbocycles. The van der Waals surface area contributed by atoms with Crippen LogP contribution in [-0.2, 0) is 4.74 Å². The Hall–Kier alpha value is -1.61. The summed E-state index contributed by atoms with van der Waals surface area (Å²) >= 11 is 0. The van der Waals surface area contributed by atoms with Gasteiger partial charge in [-0.2, -0.15) is 0 Å². The summed E-state index contributed by atoms with van der Waals surface area (Å²) in [6, 6.07) is 6.67. The van der Waals surface area contributed by atoms with Crippen molar-refractivity contribution in [3.8, 4) is 0 Å². The molecule has 3 nitrogen and oxygen atoms in total. The SMILES string of the molecule is C=CCOC(=O)c1ccc([C@@H](C)O)cc1. The fraction of sp³-hybridized carbons (Fsp3) is 0.250. The van der Waals surface area contributed by atoms with Crippen LogP contribution in [0.15, 0.2) is 36.9 Å². The van der Waals surface area contributed by atoms with Crippen LogP contribution < -0.4 is 0 Å². The van der Waals surface area contributed by atoms with Gasteiger partial charge in [-0.25, -0.2) is 4.79 Å². The van der Waals surface area contributed by atoms with Crippen molar-refractivity contribution in [3.63, 3.8) is 0 Å². The van der Waals surface area contributed by atoms with Crippen molar-refractivity contribution in [2.75, 3.05) is 6.61 Å². The van der Waals surface area contributed by atoms with Gasteiger partial charge in [0, 0.05) is 0 Å². The zero-order valence-corrected chi connectivity index (χ0v) is 8.64. The fourth-order valence-corrected chi connectivity index (χ4v) is 1.12. The molecular formula is C12H14O3. The molecule has 0 aliphatic heterocycles. The average molecular weight is 206 g/mol. The van der Waals surface area contributed by atoms with Gasteiger partial charge < -0.3 is 9.84 Å². The van der Waals surface area contributed by atoms with Crippen LogP contribution in [0.3, 0.4) is 0 Å². The summed E-state index contributed by atoms with van der Waals surface area (Å²) in [6.07, 6.45) is 0.991. The highest BCUT2D eigenvalue weighted by Gasteiger charge is 2.07. The third-order valence-electron chi connectivity index (χ3n) is 1.96. The first-order valence-corrected chi connectivity index (χ1v) is 4.71. The minimum absolute atomic E-state index is 0.205. The van der Waals surface area contributed by atoms with E-state index in [4.69, 9.17) is 4.74 Å². The summed E-state index contributed by atoms with van der Waals surface area (Å²) < 4.78 is 4.86. The first kappa shape index (κ1) is 11.5. The molecule has 1 N–H and O–H groups in total. The van der Waals surface area contributed by atoms with E-state index in [0.29, 0.717) is 5.56 Å². The van der Waals surface area contributed by atoms with E-state index in [-0.39, 0.29) is 12.6 Å². The van der Waals surface area contributed by atoms with Crippen LogP contribution in [-0.4, -0.2) is 17.7 Å². The fourth-order valence-electron chi connectivity index (χ4n) is 1.12. The summed E-state index contributed by atoms with van der Waals surface area (Å²) in [5.74, 6) is -0.382. The summed E-state index contributed by atoms with van der Waals surface area (Å²) in [5, 5.41) is 9.27. The predicted octanol–water partition coefficient (Wildman–Crippen LogP) is 2.08. The highest BCUT2D eigenvalue weighted by molar-refractivity contribution is 5.89. The zero-order valence-electron chi connectivity index (χ0n) is 8.64. The van der Waals surface area contributed by atoms with Crippen molar-refractivity contribution >= 4 is 5.97 Å². The number of ether oxygens (including phenoxy) is 1. The molecule has 1 atom stereocenters. The molecule has 0 fully saturated rings. The van der Waals surface area contributed by atoms with Crippen LogP contribution in [0.2, 0.25) is 0 Å². The summed E-state index contributed by atoms with van der Waals surface area (Å²) in [7, 11) is 0. The normalized spacial score (nSPS) is 11.9. The quantitative estimate of drug-likeness (QED) is 0.606. The van der Waals surface area contributed by atoms with Crippen LogP contribution in [0.1, 0.15) is 28.9 Å². The van der Waals surface area contributed by atoms with Gasteiger partial charge in [0.15, 0.2) is 0 Å². The van der Waals surface area contributed by atoms with Gasteiger partial charge in [0.05, 0.1) is 11.7 Å². The van der Waals surface area contributed by atoms with E-state index in [1.807, 2.05) is 0 Å². The lowest BCUT2D eigenvalue weighted by atomic mass is 10.1. The Bertz CT molecular complexity index is 338. The van der Waals surface area contributed by atoms with Crippen LogP contribution in [0, 0.1) is 0 Å². The molecule has 0 heterocycles. The maximum atomic E-state index is 11.4. The smallest absolute Gasteiger partial charge is 0.338 e. The molecule has 0 unspecified atom stereocenters. The Labute approximate surface area is 89.0 Å². The van der Waals surface area contributed by atoms with Gasteiger partial charge in [-0.15, -0.1) is 0 Å². The molecule has 15 heavy (non-hydrogen) atoms. The number of esters is 1. The van der Waals surface area contributed by atoms with Crippen molar-refractivity contribution in [2.45, 2.75) is 13.0 Å². The average Bonchev–Trinajstić information content (AvgIpc) is 2.26. The second kappa shape index (κ2) is 5.32. The first-order valence-electron chi connectivity index (χ1n) is 4.71. The highest BCUT2D eigenvalue weighted by atomic mass is 16.5. The summed E-state index contributed by atoms with van der Waals surface area (Å²) in [5.41, 5.74) is 1.25. The number of rotatable bonds is 4. The second-order valence-electron chi connectivity index (χ2n) is 3.19. The lowest BCUT2D eigenvalue weighted by Crippen LogP contribution is -2.05. The molecule has 0 spiro atoms. The number of aliphatic hydroxyl groups is 1. The molecule has 0 amide bonds. The van der Waals surface area contributed by atoms with E-state index in [1.165, 1.54) is 6.08 Å². The summed E-state index contributed by atoms with van der Waals surface area (Å²) in [4.78, 5) is 11.4. The minimum atomic E-state index is -0.525. The molecule has 0 aliphatic carbocycles. The number of hydrogen-bond acceptors (Lipinski definition) is 3. The molecule has 0 radical (unpaired) electrons. The number of aliphatic hydroxyl groups excluding tert-OH is 1. The van der Waals surface area contributed by atoms with Gasteiger partial charge in [-0.1, -0.05) is 24.8 Å². The molecule has 1 aromatic rings. The van der Waals surface area contributed by atoms with Gasteiger partial charge in [-0.05, 0) is 24.6 Å². The van der Waals surface area contributed by atoms with Crippen molar-refractivity contribution < 1.29 is 14.6 Å². The lowest BCUT2D eigenvalue weighted by molar-refractivity contribution is 0.0549. The largest absolute Gasteiger partial charge is 0.458 e. The molecule has 0 saturated heterocycles. The molecule has 0 aliphatic rings. The van der Waals surface area contributed by atoms with Crippen LogP contribution in [0.4, 0.5) is 0 Å². The van der Waals surface area contributed by atoms with Gasteiger partial charge in [-0.3, -0.25) is 0 Å². The standard InChI is InChI=1S/C12H14O3/c1-3-8-15-12(14)11-6-4-10(5-7-11)9(2)13/h3-7,9,13H,1,8H2,2H3/t9-/m1/s1. The van der Waals surface area contributed by atoms with Crippen molar-refractivity contribution in [1.82, 2.24) is 0 Å². The molecule has 80 valence electrons. The number of hydrogen-bond donors (Lipinski definition) is 1. The number of benzene rings is 1. The molecule has 0 bridgehead atoms. The molecule has 0 aromatic heterocycles. The topological polar surface area (TPSA) is 46.5 Å². The zero-order chi connectivity index (χ0) is 11.3. The van der Waals surface area contributed by atoms with Crippen LogP contribution in [0.5, 0.6) is 0 Å². The summed E-state index contributed by atoms with van der Waals surface area (Å²) in [6.45, 7) is 5.33. The van der Waals surface area contributed by atoms with Crippen LogP contribution >= 0.6 is 0 Å². The maximum Gasteiger partial charge on any atom is 0.338 e. The van der Waals surface area contributed by atoms with Crippen LogP contribution in [0.25, 0.3) is 0 Å². The van der Waals surface area contributed by atoms with Crippen molar-refractivity contribution in [1.29, 1.82) is 0 Å². The van der Waals surface area contributed by atoms with Gasteiger partial charge in [0.25, 0.3) is 0 Å². The second-order valence-corrected chi connectivity index (χ2v) is 3.19. The van der Waals surface area contributed by atoms with Gasteiger partial charge in [0.2, 0.25) is 0 Å². The Morgan fingerprint density at radius 1 is 1.53 bits per heavy atom. The molecule has 3 heteroatoms. The Kier molecular flexibility index (Phi) is 4.06. The van der Waals surface area contributed by atoms with E-state index in [9.17, 15) is 9.90 Å². The van der Waals surface area contributed by atoms with Gasteiger partial charge in [0.1, 0.15) is 6.61 Å². The predicted molar refractivity (Wildman–Crippen MR) is 57.6 cm³/mol. The Morgan fingerprint density at radius 2 is 2.13 bits per heavy atom. The van der Waals surface area contributed by atoms with E-state index in [0.717, 1.165) is 5.56 Å². The Morgan fingerprint density at radius 3 is 2.60 bits per heavy atom. The Balaban J connectivity index is 2.71. The molecular weight excluding hydrogens is 192 g/mol. The highest BCUT2D eigenvalue weighted by Crippen LogP contribution is 2.13. The molecule has 0 saturated carbocycles. The van der Waals surface area contributed by atoms with E-state index in [1.54, 1.807) is 31.2 Å². The van der Waals surface area contributed by atoms with E-state index < -0.39 is 6.10 Å². The van der Waals surface area contributed by atoms with E-state index in [2.05, 4.69) is 6.58 Å². The number of carbonyl (C=O) groups is 1.